The number of hydrogen-bond acceptors (Lipinski definition) is 7. The average molecular weight is 411 g/mol. The van der Waals surface area contributed by atoms with Crippen molar-refractivity contribution in [2.24, 2.45) is 5.10 Å². The molecule has 8 nitrogen and oxygen atoms in total. The Balaban J connectivity index is 2.20. The van der Waals surface area contributed by atoms with Gasteiger partial charge in [-0.25, -0.2) is 14.5 Å². The van der Waals surface area contributed by atoms with Gasteiger partial charge in [0.1, 0.15) is 0 Å². The standard InChI is InChI=1S/C16H19BrN4O4/c1-4-24-15(22)9-25-14-6-12(17)11(5-13(14)23-3)7-19-21-8-10(2)20-16(21)18/h5-8H,4,9H2,1-3H3,(H2,18,20). The first-order valence-electron chi connectivity index (χ1n) is 7.46. The predicted octanol–water partition coefficient (Wildman–Crippen LogP) is 2.37. The number of imidazole rings is 1. The minimum absolute atomic E-state index is 0.199. The Labute approximate surface area is 153 Å². The molecule has 2 N–H and O–H groups in total. The van der Waals surface area contributed by atoms with E-state index in [9.17, 15) is 4.79 Å². The summed E-state index contributed by atoms with van der Waals surface area (Å²) in [5.74, 6) is 0.727. The van der Waals surface area contributed by atoms with Gasteiger partial charge in [-0.1, -0.05) is 0 Å². The van der Waals surface area contributed by atoms with Crippen LogP contribution in [-0.2, 0) is 9.53 Å². The van der Waals surface area contributed by atoms with E-state index in [4.69, 9.17) is 19.9 Å². The van der Waals surface area contributed by atoms with E-state index in [1.807, 2.05) is 6.92 Å². The lowest BCUT2D eigenvalue weighted by Gasteiger charge is -2.12. The first-order valence-corrected chi connectivity index (χ1v) is 8.25. The Morgan fingerprint density at radius 1 is 1.44 bits per heavy atom. The molecule has 0 spiro atoms. The molecule has 0 saturated heterocycles. The first kappa shape index (κ1) is 18.8. The summed E-state index contributed by atoms with van der Waals surface area (Å²) in [6.07, 6.45) is 3.33. The van der Waals surface area contributed by atoms with Crippen LogP contribution < -0.4 is 15.2 Å². The molecule has 0 aliphatic rings. The molecule has 9 heteroatoms. The predicted molar refractivity (Wildman–Crippen MR) is 97.2 cm³/mol. The summed E-state index contributed by atoms with van der Waals surface area (Å²) in [5, 5.41) is 4.26. The van der Waals surface area contributed by atoms with Crippen molar-refractivity contribution in [2.75, 3.05) is 26.1 Å². The number of carbonyl (C=O) groups excluding carboxylic acids is 1. The van der Waals surface area contributed by atoms with Gasteiger partial charge in [0.15, 0.2) is 18.1 Å². The van der Waals surface area contributed by atoms with Crippen molar-refractivity contribution in [1.29, 1.82) is 0 Å². The molecular weight excluding hydrogens is 392 g/mol. The number of aryl methyl sites for hydroxylation is 1. The van der Waals surface area contributed by atoms with E-state index in [1.165, 1.54) is 11.8 Å². The minimum Gasteiger partial charge on any atom is -0.493 e. The molecule has 134 valence electrons. The number of benzene rings is 1. The van der Waals surface area contributed by atoms with E-state index in [-0.39, 0.29) is 6.61 Å². The monoisotopic (exact) mass is 410 g/mol. The van der Waals surface area contributed by atoms with Gasteiger partial charge in [0.05, 0.1) is 31.8 Å². The van der Waals surface area contributed by atoms with Crippen molar-refractivity contribution < 1.29 is 19.0 Å². The third-order valence-corrected chi connectivity index (χ3v) is 3.78. The van der Waals surface area contributed by atoms with Crippen LogP contribution in [0.5, 0.6) is 11.5 Å². The summed E-state index contributed by atoms with van der Waals surface area (Å²) in [6.45, 7) is 3.67. The quantitative estimate of drug-likeness (QED) is 0.555. The van der Waals surface area contributed by atoms with Crippen molar-refractivity contribution >= 4 is 34.1 Å². The van der Waals surface area contributed by atoms with E-state index >= 15 is 0 Å². The van der Waals surface area contributed by atoms with Crippen molar-refractivity contribution in [3.8, 4) is 11.5 Å². The zero-order valence-electron chi connectivity index (χ0n) is 14.2. The summed E-state index contributed by atoms with van der Waals surface area (Å²) in [5.41, 5.74) is 7.27. The Morgan fingerprint density at radius 3 is 2.80 bits per heavy atom. The van der Waals surface area contributed by atoms with Crippen LogP contribution in [0.15, 0.2) is 27.9 Å². The van der Waals surface area contributed by atoms with E-state index in [2.05, 4.69) is 26.0 Å². The Kier molecular flexibility index (Phi) is 6.40. The summed E-state index contributed by atoms with van der Waals surface area (Å²) in [4.78, 5) is 15.5. The highest BCUT2D eigenvalue weighted by atomic mass is 79.9. The number of nitrogens with two attached hydrogens (primary N) is 1. The molecule has 25 heavy (non-hydrogen) atoms. The molecule has 2 aromatic rings. The molecule has 1 aromatic heterocycles. The third-order valence-electron chi connectivity index (χ3n) is 3.09. The molecule has 1 heterocycles. The number of carbonyl (C=O) groups is 1. The molecule has 0 unspecified atom stereocenters. The number of hydrogen-bond donors (Lipinski definition) is 1. The second kappa shape index (κ2) is 8.52. The normalized spacial score (nSPS) is 10.9. The molecule has 0 atom stereocenters. The van der Waals surface area contributed by atoms with Gasteiger partial charge in [0.2, 0.25) is 5.95 Å². The molecule has 2 rings (SSSR count). The van der Waals surface area contributed by atoms with Crippen LogP contribution in [0.4, 0.5) is 5.95 Å². The number of aromatic nitrogens is 2. The molecular formula is C16H19BrN4O4. The Morgan fingerprint density at radius 2 is 2.20 bits per heavy atom. The Bertz CT molecular complexity index is 789. The summed E-state index contributed by atoms with van der Waals surface area (Å²) in [6, 6.07) is 3.43. The molecule has 0 amide bonds. The average Bonchev–Trinajstić information content (AvgIpc) is 2.89. The number of nitrogens with zero attached hydrogens (tertiary/aromatic N) is 3. The number of esters is 1. The van der Waals surface area contributed by atoms with Gasteiger partial charge in [-0.05, 0) is 41.9 Å². The van der Waals surface area contributed by atoms with Crippen molar-refractivity contribution in [3.05, 3.63) is 34.1 Å². The zero-order chi connectivity index (χ0) is 18.4. The van der Waals surface area contributed by atoms with Crippen LogP contribution in [-0.4, -0.2) is 42.2 Å². The summed E-state index contributed by atoms with van der Waals surface area (Å²) < 4.78 is 17.8. The summed E-state index contributed by atoms with van der Waals surface area (Å²) >= 11 is 3.45. The number of ether oxygens (including phenoxy) is 3. The molecule has 0 fully saturated rings. The number of rotatable bonds is 7. The van der Waals surface area contributed by atoms with E-state index in [1.54, 1.807) is 31.5 Å². The lowest BCUT2D eigenvalue weighted by Crippen LogP contribution is -2.15. The largest absolute Gasteiger partial charge is 0.493 e. The van der Waals surface area contributed by atoms with E-state index in [0.717, 1.165) is 11.3 Å². The van der Waals surface area contributed by atoms with Gasteiger partial charge in [0, 0.05) is 10.0 Å². The first-order chi connectivity index (χ1) is 11.9. The smallest absolute Gasteiger partial charge is 0.344 e. The van der Waals surface area contributed by atoms with Gasteiger partial charge in [-0.3, -0.25) is 0 Å². The molecule has 0 radical (unpaired) electrons. The van der Waals surface area contributed by atoms with Crippen LogP contribution in [0.25, 0.3) is 0 Å². The zero-order valence-corrected chi connectivity index (χ0v) is 15.7. The van der Waals surface area contributed by atoms with Gasteiger partial charge in [-0.15, -0.1) is 0 Å². The lowest BCUT2D eigenvalue weighted by atomic mass is 10.2. The van der Waals surface area contributed by atoms with Gasteiger partial charge in [-0.2, -0.15) is 5.10 Å². The number of halogens is 1. The SMILES string of the molecule is CCOC(=O)COc1cc(Br)c(C=Nn2cc(C)nc2N)cc1OC. The number of nitrogen functional groups attached to an aromatic ring is 1. The Hall–Kier alpha value is -2.55. The third kappa shape index (κ3) is 4.96. The maximum Gasteiger partial charge on any atom is 0.344 e. The maximum absolute atomic E-state index is 11.4. The van der Waals surface area contributed by atoms with Crippen molar-refractivity contribution in [1.82, 2.24) is 9.66 Å². The topological polar surface area (TPSA) is 101 Å². The lowest BCUT2D eigenvalue weighted by molar-refractivity contribution is -0.145. The fraction of sp³-hybridized carbons (Fsp3) is 0.312. The van der Waals surface area contributed by atoms with Crippen LogP contribution in [0.3, 0.4) is 0 Å². The molecule has 0 saturated carbocycles. The maximum atomic E-state index is 11.4. The molecule has 0 aliphatic heterocycles. The molecule has 0 bridgehead atoms. The fourth-order valence-electron chi connectivity index (χ4n) is 1.98. The van der Waals surface area contributed by atoms with E-state index < -0.39 is 5.97 Å². The van der Waals surface area contributed by atoms with Crippen LogP contribution in [0.1, 0.15) is 18.2 Å². The highest BCUT2D eigenvalue weighted by molar-refractivity contribution is 9.10. The highest BCUT2D eigenvalue weighted by Gasteiger charge is 2.12. The van der Waals surface area contributed by atoms with Crippen LogP contribution in [0, 0.1) is 6.92 Å². The number of methoxy groups -OCH3 is 1. The second-order valence-electron chi connectivity index (χ2n) is 4.95. The van der Waals surface area contributed by atoms with Gasteiger partial charge >= 0.3 is 5.97 Å². The van der Waals surface area contributed by atoms with Crippen molar-refractivity contribution in [2.45, 2.75) is 13.8 Å². The van der Waals surface area contributed by atoms with Gasteiger partial charge < -0.3 is 19.9 Å². The fourth-order valence-corrected chi connectivity index (χ4v) is 2.41. The summed E-state index contributed by atoms with van der Waals surface area (Å²) in [7, 11) is 1.51. The minimum atomic E-state index is -0.447. The van der Waals surface area contributed by atoms with E-state index in [0.29, 0.717) is 28.5 Å². The van der Waals surface area contributed by atoms with Gasteiger partial charge in [0.25, 0.3) is 0 Å². The molecule has 1 aromatic carbocycles. The highest BCUT2D eigenvalue weighted by Crippen LogP contribution is 2.33. The van der Waals surface area contributed by atoms with Crippen LogP contribution in [0.2, 0.25) is 0 Å². The second-order valence-corrected chi connectivity index (χ2v) is 5.80. The molecule has 0 aliphatic carbocycles. The van der Waals surface area contributed by atoms with Crippen molar-refractivity contribution in [3.63, 3.8) is 0 Å². The van der Waals surface area contributed by atoms with Crippen LogP contribution >= 0.6 is 15.9 Å². The number of anilines is 1.